The molecule has 0 aliphatic carbocycles. The number of carbonyl (C=O) groups is 1. The molecule has 1 atom stereocenters. The summed E-state index contributed by atoms with van der Waals surface area (Å²) < 4.78 is 11.0. The smallest absolute Gasteiger partial charge is 0.255 e. The third-order valence-corrected chi connectivity index (χ3v) is 3.81. The predicted octanol–water partition coefficient (Wildman–Crippen LogP) is 2.23. The topological polar surface area (TPSA) is 67.8 Å². The van der Waals surface area contributed by atoms with Gasteiger partial charge in [-0.1, -0.05) is 30.3 Å². The number of aryl methyl sites for hydroxylation is 1. The molecule has 1 unspecified atom stereocenters. The quantitative estimate of drug-likeness (QED) is 0.908. The summed E-state index contributed by atoms with van der Waals surface area (Å²) in [6.45, 7) is 2.96. The zero-order valence-corrected chi connectivity index (χ0v) is 12.9. The molecule has 23 heavy (non-hydrogen) atoms. The molecule has 0 saturated heterocycles. The van der Waals surface area contributed by atoms with Crippen molar-refractivity contribution in [1.82, 2.24) is 5.32 Å². The summed E-state index contributed by atoms with van der Waals surface area (Å²) in [7, 11) is 0. The molecule has 0 aromatic heterocycles. The van der Waals surface area contributed by atoms with Crippen LogP contribution >= 0.6 is 0 Å². The molecule has 2 N–H and O–H groups in total. The second-order valence-corrected chi connectivity index (χ2v) is 5.41. The van der Waals surface area contributed by atoms with Gasteiger partial charge in [0, 0.05) is 6.54 Å². The molecule has 5 nitrogen and oxygen atoms in total. The lowest BCUT2D eigenvalue weighted by atomic mass is 10.0. The Morgan fingerprint density at radius 2 is 1.96 bits per heavy atom. The van der Waals surface area contributed by atoms with Crippen molar-refractivity contribution >= 4 is 5.91 Å². The van der Waals surface area contributed by atoms with E-state index in [-0.39, 0.29) is 12.5 Å². The van der Waals surface area contributed by atoms with Crippen LogP contribution in [0.5, 0.6) is 11.5 Å². The van der Waals surface area contributed by atoms with Crippen molar-refractivity contribution in [2.24, 2.45) is 0 Å². The van der Waals surface area contributed by atoms with Gasteiger partial charge in [-0.05, 0) is 30.2 Å². The van der Waals surface area contributed by atoms with Gasteiger partial charge >= 0.3 is 0 Å². The highest BCUT2D eigenvalue weighted by Crippen LogP contribution is 2.33. The standard InChI is InChI=1S/C18H19NO4/c1-12-5-2-3-6-13(12)15(20)11-19-18(21)14-7-4-8-16-17(14)23-10-9-22-16/h2-8,15,20H,9-11H2,1H3,(H,19,21). The Bertz CT molecular complexity index is 714. The molecular formula is C18H19NO4. The lowest BCUT2D eigenvalue weighted by Gasteiger charge is -2.21. The number of ether oxygens (including phenoxy) is 2. The first-order valence-corrected chi connectivity index (χ1v) is 7.57. The zero-order valence-electron chi connectivity index (χ0n) is 12.9. The zero-order chi connectivity index (χ0) is 16.2. The second kappa shape index (κ2) is 6.71. The van der Waals surface area contributed by atoms with Gasteiger partial charge in [0.1, 0.15) is 13.2 Å². The van der Waals surface area contributed by atoms with Crippen LogP contribution in [-0.2, 0) is 0 Å². The lowest BCUT2D eigenvalue weighted by Crippen LogP contribution is -2.29. The van der Waals surface area contributed by atoms with Gasteiger partial charge in [-0.25, -0.2) is 0 Å². The Hall–Kier alpha value is -2.53. The molecule has 0 saturated carbocycles. The normalized spacial score (nSPS) is 14.2. The third-order valence-electron chi connectivity index (χ3n) is 3.81. The number of carbonyl (C=O) groups excluding carboxylic acids is 1. The average Bonchev–Trinajstić information content (AvgIpc) is 2.59. The van der Waals surface area contributed by atoms with Gasteiger partial charge in [0.25, 0.3) is 5.91 Å². The van der Waals surface area contributed by atoms with Crippen molar-refractivity contribution in [2.75, 3.05) is 19.8 Å². The Kier molecular flexibility index (Phi) is 4.48. The second-order valence-electron chi connectivity index (χ2n) is 5.41. The predicted molar refractivity (Wildman–Crippen MR) is 85.9 cm³/mol. The van der Waals surface area contributed by atoms with Crippen LogP contribution in [0.15, 0.2) is 42.5 Å². The molecule has 1 heterocycles. The number of benzene rings is 2. The number of aliphatic hydroxyl groups excluding tert-OH is 1. The molecule has 3 rings (SSSR count). The highest BCUT2D eigenvalue weighted by Gasteiger charge is 2.21. The van der Waals surface area contributed by atoms with Crippen LogP contribution in [0, 0.1) is 6.92 Å². The molecule has 5 heteroatoms. The molecule has 0 spiro atoms. The van der Waals surface area contributed by atoms with Crippen LogP contribution < -0.4 is 14.8 Å². The van der Waals surface area contributed by atoms with Gasteiger partial charge in [0.05, 0.1) is 11.7 Å². The summed E-state index contributed by atoms with van der Waals surface area (Å²) in [4.78, 5) is 12.4. The van der Waals surface area contributed by atoms with Gasteiger partial charge in [-0.3, -0.25) is 4.79 Å². The Labute approximate surface area is 134 Å². The van der Waals surface area contributed by atoms with E-state index in [2.05, 4.69) is 5.32 Å². The minimum atomic E-state index is -0.753. The van der Waals surface area contributed by atoms with E-state index in [9.17, 15) is 9.90 Å². The number of amides is 1. The number of rotatable bonds is 4. The van der Waals surface area contributed by atoms with E-state index in [1.54, 1.807) is 18.2 Å². The van der Waals surface area contributed by atoms with Crippen LogP contribution in [0.25, 0.3) is 0 Å². The fourth-order valence-electron chi connectivity index (χ4n) is 2.61. The first kappa shape index (κ1) is 15.4. The highest BCUT2D eigenvalue weighted by atomic mass is 16.6. The lowest BCUT2D eigenvalue weighted by molar-refractivity contribution is 0.0905. The summed E-state index contributed by atoms with van der Waals surface area (Å²) in [5, 5.41) is 13.0. The largest absolute Gasteiger partial charge is 0.486 e. The van der Waals surface area contributed by atoms with Gasteiger partial charge < -0.3 is 19.9 Å². The van der Waals surface area contributed by atoms with Crippen LogP contribution in [0.2, 0.25) is 0 Å². The number of aliphatic hydroxyl groups is 1. The number of nitrogens with one attached hydrogen (secondary N) is 1. The van der Waals surface area contributed by atoms with E-state index >= 15 is 0 Å². The van der Waals surface area contributed by atoms with E-state index < -0.39 is 6.10 Å². The summed E-state index contributed by atoms with van der Waals surface area (Å²) in [5.74, 6) is 0.741. The number of fused-ring (bicyclic) bond motifs is 1. The first-order valence-electron chi connectivity index (χ1n) is 7.57. The third kappa shape index (κ3) is 3.29. The molecule has 0 bridgehead atoms. The maximum Gasteiger partial charge on any atom is 0.255 e. The molecule has 2 aromatic rings. The minimum Gasteiger partial charge on any atom is -0.486 e. The molecule has 0 fully saturated rings. The van der Waals surface area contributed by atoms with Crippen LogP contribution in [-0.4, -0.2) is 30.8 Å². The summed E-state index contributed by atoms with van der Waals surface area (Å²) in [6.07, 6.45) is -0.753. The molecular weight excluding hydrogens is 294 g/mol. The molecule has 1 aliphatic heterocycles. The van der Waals surface area contributed by atoms with E-state index in [0.29, 0.717) is 30.3 Å². The van der Waals surface area contributed by atoms with Crippen molar-refractivity contribution in [2.45, 2.75) is 13.0 Å². The van der Waals surface area contributed by atoms with Crippen molar-refractivity contribution in [1.29, 1.82) is 0 Å². The summed E-state index contributed by atoms with van der Waals surface area (Å²) >= 11 is 0. The minimum absolute atomic E-state index is 0.133. The van der Waals surface area contributed by atoms with Crippen molar-refractivity contribution in [3.63, 3.8) is 0 Å². The highest BCUT2D eigenvalue weighted by molar-refractivity contribution is 5.97. The van der Waals surface area contributed by atoms with E-state index in [1.165, 1.54) is 0 Å². The van der Waals surface area contributed by atoms with E-state index in [4.69, 9.17) is 9.47 Å². The van der Waals surface area contributed by atoms with E-state index in [0.717, 1.165) is 11.1 Å². The first-order chi connectivity index (χ1) is 11.2. The van der Waals surface area contributed by atoms with Crippen LogP contribution in [0.4, 0.5) is 0 Å². The molecule has 1 aliphatic rings. The van der Waals surface area contributed by atoms with Gasteiger partial charge in [0.2, 0.25) is 0 Å². The van der Waals surface area contributed by atoms with Gasteiger partial charge in [0.15, 0.2) is 11.5 Å². The van der Waals surface area contributed by atoms with E-state index in [1.807, 2.05) is 31.2 Å². The average molecular weight is 313 g/mol. The Morgan fingerprint density at radius 3 is 2.78 bits per heavy atom. The summed E-state index contributed by atoms with van der Waals surface area (Å²) in [6, 6.07) is 12.8. The maximum absolute atomic E-state index is 12.4. The van der Waals surface area contributed by atoms with Gasteiger partial charge in [-0.2, -0.15) is 0 Å². The van der Waals surface area contributed by atoms with Crippen molar-refractivity contribution < 1.29 is 19.4 Å². The fourth-order valence-corrected chi connectivity index (χ4v) is 2.61. The molecule has 0 radical (unpaired) electrons. The van der Waals surface area contributed by atoms with Gasteiger partial charge in [-0.15, -0.1) is 0 Å². The monoisotopic (exact) mass is 313 g/mol. The van der Waals surface area contributed by atoms with Crippen LogP contribution in [0.1, 0.15) is 27.6 Å². The molecule has 2 aromatic carbocycles. The number of para-hydroxylation sites is 1. The summed E-state index contributed by atoms with van der Waals surface area (Å²) in [5.41, 5.74) is 2.21. The molecule has 1 amide bonds. The van der Waals surface area contributed by atoms with Crippen molar-refractivity contribution in [3.8, 4) is 11.5 Å². The Balaban J connectivity index is 1.70. The Morgan fingerprint density at radius 1 is 1.17 bits per heavy atom. The SMILES string of the molecule is Cc1ccccc1C(O)CNC(=O)c1cccc2c1OCCO2. The molecule has 120 valence electrons. The number of hydrogen-bond donors (Lipinski definition) is 2. The van der Waals surface area contributed by atoms with Crippen LogP contribution in [0.3, 0.4) is 0 Å². The maximum atomic E-state index is 12.4. The fraction of sp³-hybridized carbons (Fsp3) is 0.278. The van der Waals surface area contributed by atoms with Crippen molar-refractivity contribution in [3.05, 3.63) is 59.2 Å². The number of hydrogen-bond acceptors (Lipinski definition) is 4.